The zero-order valence-electron chi connectivity index (χ0n) is 11.1. The molecule has 1 unspecified atom stereocenters. The van der Waals surface area contributed by atoms with Gasteiger partial charge in [-0.2, -0.15) is 5.26 Å². The molecule has 0 saturated heterocycles. The number of aliphatic hydroxyl groups excluding tert-OH is 1. The summed E-state index contributed by atoms with van der Waals surface area (Å²) < 4.78 is 0. The van der Waals surface area contributed by atoms with Crippen molar-refractivity contribution in [1.82, 2.24) is 0 Å². The fourth-order valence-corrected chi connectivity index (χ4v) is 2.57. The Labute approximate surface area is 99.7 Å². The van der Waals surface area contributed by atoms with Crippen LogP contribution in [0.1, 0.15) is 59.8 Å². The lowest BCUT2D eigenvalue weighted by Gasteiger charge is -2.39. The molecule has 0 amide bonds. The van der Waals surface area contributed by atoms with Crippen LogP contribution >= 0.6 is 0 Å². The van der Waals surface area contributed by atoms with Gasteiger partial charge in [0.05, 0.1) is 17.6 Å². The number of hydrogen-bond acceptors (Lipinski definition) is 2. The first-order chi connectivity index (χ1) is 7.29. The maximum atomic E-state index is 10.3. The Hall–Kier alpha value is -0.550. The minimum absolute atomic E-state index is 0.0896. The van der Waals surface area contributed by atoms with Crippen molar-refractivity contribution in [2.45, 2.75) is 65.9 Å². The second kappa shape index (κ2) is 4.75. The molecular weight excluding hydrogens is 198 g/mol. The number of hydrogen-bond donors (Lipinski definition) is 1. The van der Waals surface area contributed by atoms with Gasteiger partial charge in [-0.1, -0.05) is 27.7 Å². The van der Waals surface area contributed by atoms with E-state index in [1.165, 1.54) is 0 Å². The highest BCUT2D eigenvalue weighted by molar-refractivity contribution is 5.06. The van der Waals surface area contributed by atoms with Crippen molar-refractivity contribution in [1.29, 1.82) is 5.26 Å². The Morgan fingerprint density at radius 1 is 1.38 bits per heavy atom. The zero-order chi connectivity index (χ0) is 12.4. The molecule has 1 saturated carbocycles. The minimum atomic E-state index is -0.472. The highest BCUT2D eigenvalue weighted by atomic mass is 16.3. The summed E-state index contributed by atoms with van der Waals surface area (Å²) in [5.41, 5.74) is -0.383. The van der Waals surface area contributed by atoms with E-state index in [1.54, 1.807) is 0 Å². The molecule has 0 aromatic carbocycles. The predicted molar refractivity (Wildman–Crippen MR) is 65.8 cm³/mol. The van der Waals surface area contributed by atoms with E-state index in [2.05, 4.69) is 33.8 Å². The molecule has 0 heterocycles. The Morgan fingerprint density at radius 3 is 2.25 bits per heavy atom. The van der Waals surface area contributed by atoms with Gasteiger partial charge in [-0.3, -0.25) is 0 Å². The molecule has 1 N–H and O–H groups in total. The van der Waals surface area contributed by atoms with E-state index in [0.29, 0.717) is 5.92 Å². The Morgan fingerprint density at radius 2 is 1.88 bits per heavy atom. The number of nitriles is 1. The second-order valence-electron chi connectivity index (χ2n) is 6.73. The molecule has 0 aliphatic heterocycles. The van der Waals surface area contributed by atoms with Gasteiger partial charge in [0.25, 0.3) is 0 Å². The molecule has 1 fully saturated rings. The SMILES string of the molecule is CC1CCC(C#N)(C(O)CC(C)(C)C)CC1. The Kier molecular flexibility index (Phi) is 4.02. The summed E-state index contributed by atoms with van der Waals surface area (Å²) in [7, 11) is 0. The van der Waals surface area contributed by atoms with Crippen LogP contribution in [0.15, 0.2) is 0 Å². The summed E-state index contributed by atoms with van der Waals surface area (Å²) in [6.45, 7) is 8.59. The van der Waals surface area contributed by atoms with Crippen LogP contribution in [-0.2, 0) is 0 Å². The Balaban J connectivity index is 2.70. The highest BCUT2D eigenvalue weighted by Crippen LogP contribution is 2.43. The van der Waals surface area contributed by atoms with E-state index in [-0.39, 0.29) is 5.41 Å². The molecule has 16 heavy (non-hydrogen) atoms. The maximum Gasteiger partial charge on any atom is 0.0832 e. The van der Waals surface area contributed by atoms with E-state index >= 15 is 0 Å². The molecular formula is C14H25NO. The van der Waals surface area contributed by atoms with E-state index < -0.39 is 11.5 Å². The van der Waals surface area contributed by atoms with Gasteiger partial charge >= 0.3 is 0 Å². The quantitative estimate of drug-likeness (QED) is 0.778. The van der Waals surface area contributed by atoms with Crippen LogP contribution in [0.2, 0.25) is 0 Å². The third-order valence-electron chi connectivity index (χ3n) is 3.83. The third kappa shape index (κ3) is 3.22. The lowest BCUT2D eigenvalue weighted by Crippen LogP contribution is -2.39. The first-order valence-corrected chi connectivity index (χ1v) is 6.38. The summed E-state index contributed by atoms with van der Waals surface area (Å²) in [5, 5.41) is 19.7. The van der Waals surface area contributed by atoms with Crippen molar-refractivity contribution >= 4 is 0 Å². The summed E-state index contributed by atoms with van der Waals surface area (Å²) in [4.78, 5) is 0. The zero-order valence-corrected chi connectivity index (χ0v) is 11.1. The van der Waals surface area contributed by atoms with Crippen LogP contribution in [0.3, 0.4) is 0 Å². The van der Waals surface area contributed by atoms with Crippen molar-refractivity contribution in [2.24, 2.45) is 16.7 Å². The average molecular weight is 223 g/mol. The average Bonchev–Trinajstić information content (AvgIpc) is 2.17. The number of nitrogens with zero attached hydrogens (tertiary/aromatic N) is 1. The Bertz CT molecular complexity index is 263. The van der Waals surface area contributed by atoms with Gasteiger partial charge < -0.3 is 5.11 Å². The van der Waals surface area contributed by atoms with E-state index in [0.717, 1.165) is 32.1 Å². The fourth-order valence-electron chi connectivity index (χ4n) is 2.57. The minimum Gasteiger partial charge on any atom is -0.391 e. The first kappa shape index (κ1) is 13.5. The topological polar surface area (TPSA) is 44.0 Å². The molecule has 1 aliphatic carbocycles. The normalized spacial score (nSPS) is 33.1. The predicted octanol–water partition coefficient (Wildman–Crippen LogP) is 3.50. The molecule has 1 rings (SSSR count). The number of rotatable bonds is 2. The van der Waals surface area contributed by atoms with Crippen molar-refractivity contribution < 1.29 is 5.11 Å². The van der Waals surface area contributed by atoms with Gasteiger partial charge in [-0.25, -0.2) is 0 Å². The molecule has 1 aliphatic rings. The first-order valence-electron chi connectivity index (χ1n) is 6.38. The second-order valence-corrected chi connectivity index (χ2v) is 6.73. The monoisotopic (exact) mass is 223 g/mol. The van der Waals surface area contributed by atoms with Crippen LogP contribution in [0.5, 0.6) is 0 Å². The van der Waals surface area contributed by atoms with Crippen LogP contribution in [-0.4, -0.2) is 11.2 Å². The molecule has 92 valence electrons. The number of aliphatic hydroxyl groups is 1. The summed E-state index contributed by atoms with van der Waals surface area (Å²) >= 11 is 0. The van der Waals surface area contributed by atoms with Crippen LogP contribution in [0.25, 0.3) is 0 Å². The van der Waals surface area contributed by atoms with Crippen molar-refractivity contribution in [3.8, 4) is 6.07 Å². The van der Waals surface area contributed by atoms with Gasteiger partial charge in [0.2, 0.25) is 0 Å². The molecule has 0 radical (unpaired) electrons. The van der Waals surface area contributed by atoms with Crippen LogP contribution in [0.4, 0.5) is 0 Å². The standard InChI is InChI=1S/C14H25NO/c1-11-5-7-14(10-15,8-6-11)12(16)9-13(2,3)4/h11-12,16H,5-9H2,1-4H3. The molecule has 0 aromatic heterocycles. The van der Waals surface area contributed by atoms with E-state index in [9.17, 15) is 10.4 Å². The molecule has 2 heteroatoms. The van der Waals surface area contributed by atoms with Gasteiger partial charge in [0.1, 0.15) is 0 Å². The lowest BCUT2D eigenvalue weighted by atomic mass is 9.66. The smallest absolute Gasteiger partial charge is 0.0832 e. The lowest BCUT2D eigenvalue weighted by molar-refractivity contribution is 0.00110. The van der Waals surface area contributed by atoms with Crippen LogP contribution in [0, 0.1) is 28.1 Å². The molecule has 0 aromatic rings. The fraction of sp³-hybridized carbons (Fsp3) is 0.929. The molecule has 1 atom stereocenters. The summed E-state index contributed by atoms with van der Waals surface area (Å²) in [5.74, 6) is 0.711. The summed E-state index contributed by atoms with van der Waals surface area (Å²) in [6.07, 6.45) is 4.13. The summed E-state index contributed by atoms with van der Waals surface area (Å²) in [6, 6.07) is 2.41. The molecule has 0 spiro atoms. The molecule has 0 bridgehead atoms. The van der Waals surface area contributed by atoms with Crippen molar-refractivity contribution in [3.63, 3.8) is 0 Å². The van der Waals surface area contributed by atoms with Gasteiger partial charge in [-0.15, -0.1) is 0 Å². The van der Waals surface area contributed by atoms with Crippen molar-refractivity contribution in [3.05, 3.63) is 0 Å². The van der Waals surface area contributed by atoms with E-state index in [4.69, 9.17) is 0 Å². The van der Waals surface area contributed by atoms with Crippen molar-refractivity contribution in [2.75, 3.05) is 0 Å². The molecule has 2 nitrogen and oxygen atoms in total. The largest absolute Gasteiger partial charge is 0.391 e. The van der Waals surface area contributed by atoms with Gasteiger partial charge in [0.15, 0.2) is 0 Å². The van der Waals surface area contributed by atoms with Crippen LogP contribution < -0.4 is 0 Å². The maximum absolute atomic E-state index is 10.3. The van der Waals surface area contributed by atoms with E-state index in [1.807, 2.05) is 0 Å². The highest BCUT2D eigenvalue weighted by Gasteiger charge is 2.42. The van der Waals surface area contributed by atoms with Gasteiger partial charge in [-0.05, 0) is 43.4 Å². The third-order valence-corrected chi connectivity index (χ3v) is 3.83. The van der Waals surface area contributed by atoms with Gasteiger partial charge in [0, 0.05) is 0 Å².